The number of phenols is 1. The molecule has 1 aliphatic rings. The Labute approximate surface area is 142 Å². The molecule has 1 saturated heterocycles. The zero-order valence-electron chi connectivity index (χ0n) is 14.0. The van der Waals surface area contributed by atoms with E-state index in [9.17, 15) is 14.6 Å². The number of rotatable bonds is 4. The Bertz CT molecular complexity index is 679. The van der Waals surface area contributed by atoms with Crippen molar-refractivity contribution in [2.45, 2.75) is 32.4 Å². The molecule has 4 heteroatoms. The summed E-state index contributed by atoms with van der Waals surface area (Å²) in [5, 5.41) is 20.5. The third-order valence-electron chi connectivity index (χ3n) is 4.92. The van der Waals surface area contributed by atoms with Gasteiger partial charge in [0.25, 0.3) is 0 Å². The van der Waals surface area contributed by atoms with E-state index in [4.69, 9.17) is 0 Å². The minimum absolute atomic E-state index is 0.192. The lowest BCUT2D eigenvalue weighted by Crippen LogP contribution is -2.35. The van der Waals surface area contributed by atoms with Gasteiger partial charge in [0.2, 0.25) is 0 Å². The van der Waals surface area contributed by atoms with Crippen LogP contribution in [0.15, 0.2) is 42.5 Å². The molecule has 0 saturated carbocycles. The lowest BCUT2D eigenvalue weighted by Gasteiger charge is -2.34. The minimum atomic E-state index is -0.542. The maximum Gasteiger partial charge on any atom is 0.123 e. The minimum Gasteiger partial charge on any atom is -0.508 e. The fourth-order valence-electron chi connectivity index (χ4n) is 3.44. The first-order valence-electron chi connectivity index (χ1n) is 8.47. The van der Waals surface area contributed by atoms with Gasteiger partial charge in [0, 0.05) is 12.1 Å². The van der Waals surface area contributed by atoms with Gasteiger partial charge in [-0.05, 0) is 62.5 Å². The lowest BCUT2D eigenvalue weighted by atomic mass is 9.87. The third-order valence-corrected chi connectivity index (χ3v) is 4.92. The molecule has 0 amide bonds. The van der Waals surface area contributed by atoms with Crippen LogP contribution in [0.3, 0.4) is 0 Å². The highest BCUT2D eigenvalue weighted by Crippen LogP contribution is 2.32. The summed E-state index contributed by atoms with van der Waals surface area (Å²) in [6.07, 6.45) is 1.25. The smallest absolute Gasteiger partial charge is 0.123 e. The first-order chi connectivity index (χ1) is 11.5. The van der Waals surface area contributed by atoms with Crippen molar-refractivity contribution in [2.24, 2.45) is 5.92 Å². The van der Waals surface area contributed by atoms with Crippen LogP contribution in [0.2, 0.25) is 0 Å². The number of likely N-dealkylation sites (tertiary alicyclic amines) is 1. The molecule has 128 valence electrons. The molecule has 0 spiro atoms. The number of aromatic hydroxyl groups is 1. The summed E-state index contributed by atoms with van der Waals surface area (Å²) in [5.74, 6) is 0.255. The number of aliphatic hydroxyl groups is 1. The third kappa shape index (κ3) is 3.94. The predicted molar refractivity (Wildman–Crippen MR) is 92.2 cm³/mol. The maximum atomic E-state index is 13.0. The van der Waals surface area contributed by atoms with E-state index in [1.54, 1.807) is 18.2 Å². The van der Waals surface area contributed by atoms with Gasteiger partial charge >= 0.3 is 0 Å². The summed E-state index contributed by atoms with van der Waals surface area (Å²) in [5.41, 5.74) is 2.88. The number of halogens is 1. The van der Waals surface area contributed by atoms with Gasteiger partial charge in [0.1, 0.15) is 11.6 Å². The second kappa shape index (κ2) is 7.32. The molecule has 1 heterocycles. The van der Waals surface area contributed by atoms with Crippen molar-refractivity contribution < 1.29 is 14.6 Å². The molecule has 0 aromatic heterocycles. The second-order valence-electron chi connectivity index (χ2n) is 6.74. The topological polar surface area (TPSA) is 43.7 Å². The van der Waals surface area contributed by atoms with Crippen molar-refractivity contribution in [1.82, 2.24) is 4.90 Å². The number of piperidine rings is 1. The Kier molecular flexibility index (Phi) is 5.17. The van der Waals surface area contributed by atoms with E-state index in [-0.39, 0.29) is 11.7 Å². The number of hydrogen-bond acceptors (Lipinski definition) is 3. The second-order valence-corrected chi connectivity index (χ2v) is 6.74. The highest BCUT2D eigenvalue weighted by molar-refractivity contribution is 5.35. The Morgan fingerprint density at radius 1 is 1.12 bits per heavy atom. The molecule has 0 radical (unpaired) electrons. The van der Waals surface area contributed by atoms with E-state index in [0.717, 1.165) is 49.2 Å². The summed E-state index contributed by atoms with van der Waals surface area (Å²) >= 11 is 0. The highest BCUT2D eigenvalue weighted by atomic mass is 19.1. The molecule has 1 atom stereocenters. The number of nitrogens with zero attached hydrogens (tertiary/aromatic N) is 1. The monoisotopic (exact) mass is 329 g/mol. The molecule has 24 heavy (non-hydrogen) atoms. The average Bonchev–Trinajstić information content (AvgIpc) is 2.59. The Morgan fingerprint density at radius 2 is 1.79 bits per heavy atom. The van der Waals surface area contributed by atoms with Crippen LogP contribution in [0, 0.1) is 18.7 Å². The maximum absolute atomic E-state index is 13.0. The van der Waals surface area contributed by atoms with Crippen molar-refractivity contribution in [3.05, 3.63) is 65.0 Å². The van der Waals surface area contributed by atoms with E-state index in [1.807, 2.05) is 19.1 Å². The number of aryl methyl sites for hydroxylation is 1. The number of phenolic OH excluding ortho intramolecular Hbond substituents is 1. The molecule has 0 aliphatic carbocycles. The molecular weight excluding hydrogens is 305 g/mol. The fraction of sp³-hybridized carbons (Fsp3) is 0.400. The van der Waals surface area contributed by atoms with Crippen LogP contribution < -0.4 is 0 Å². The zero-order chi connectivity index (χ0) is 17.1. The molecule has 1 aliphatic heterocycles. The van der Waals surface area contributed by atoms with Crippen LogP contribution in [-0.2, 0) is 6.54 Å². The lowest BCUT2D eigenvalue weighted by molar-refractivity contribution is 0.0565. The van der Waals surface area contributed by atoms with Crippen LogP contribution in [-0.4, -0.2) is 28.2 Å². The molecule has 2 aromatic carbocycles. The highest BCUT2D eigenvalue weighted by Gasteiger charge is 2.26. The number of aliphatic hydroxyl groups excluding tert-OH is 1. The Hall–Kier alpha value is -1.91. The van der Waals surface area contributed by atoms with Gasteiger partial charge in [-0.15, -0.1) is 0 Å². The summed E-state index contributed by atoms with van der Waals surface area (Å²) in [6, 6.07) is 11.8. The Balaban J connectivity index is 1.57. The first-order valence-corrected chi connectivity index (χ1v) is 8.47. The molecule has 1 unspecified atom stereocenters. The van der Waals surface area contributed by atoms with Crippen molar-refractivity contribution in [3.63, 3.8) is 0 Å². The van der Waals surface area contributed by atoms with Gasteiger partial charge in [0.15, 0.2) is 0 Å². The quantitative estimate of drug-likeness (QED) is 0.897. The van der Waals surface area contributed by atoms with Crippen molar-refractivity contribution >= 4 is 0 Å². The van der Waals surface area contributed by atoms with Gasteiger partial charge in [-0.3, -0.25) is 4.90 Å². The van der Waals surface area contributed by atoms with E-state index in [2.05, 4.69) is 4.90 Å². The normalized spacial score (nSPS) is 17.8. The molecule has 2 N–H and O–H groups in total. The number of benzene rings is 2. The van der Waals surface area contributed by atoms with E-state index >= 15 is 0 Å². The SMILES string of the molecule is Cc1ccc(O)c(CN2CCC(C(O)c3ccc(F)cc3)CC2)c1. The van der Waals surface area contributed by atoms with Gasteiger partial charge < -0.3 is 10.2 Å². The van der Waals surface area contributed by atoms with E-state index in [1.165, 1.54) is 12.1 Å². The van der Waals surface area contributed by atoms with Crippen LogP contribution in [0.1, 0.15) is 35.6 Å². The standard InChI is InChI=1S/C20H24FNO2/c1-14-2-7-19(23)17(12-14)13-22-10-8-16(9-11-22)20(24)15-3-5-18(21)6-4-15/h2-7,12,16,20,23-24H,8-11,13H2,1H3. The van der Waals surface area contributed by atoms with Crippen LogP contribution >= 0.6 is 0 Å². The summed E-state index contributed by atoms with van der Waals surface area (Å²) < 4.78 is 13.0. The summed E-state index contributed by atoms with van der Waals surface area (Å²) in [7, 11) is 0. The zero-order valence-corrected chi connectivity index (χ0v) is 14.0. The van der Waals surface area contributed by atoms with Crippen LogP contribution in [0.25, 0.3) is 0 Å². The fourth-order valence-corrected chi connectivity index (χ4v) is 3.44. The van der Waals surface area contributed by atoms with Crippen molar-refractivity contribution in [1.29, 1.82) is 0 Å². The van der Waals surface area contributed by atoms with Crippen molar-refractivity contribution in [3.8, 4) is 5.75 Å². The van der Waals surface area contributed by atoms with Gasteiger partial charge in [-0.2, -0.15) is 0 Å². The Morgan fingerprint density at radius 3 is 2.46 bits per heavy atom. The number of hydrogen-bond donors (Lipinski definition) is 2. The molecule has 1 fully saturated rings. The summed E-state index contributed by atoms with van der Waals surface area (Å²) in [6.45, 7) is 4.52. The van der Waals surface area contributed by atoms with E-state index in [0.29, 0.717) is 5.75 Å². The average molecular weight is 329 g/mol. The molecule has 3 rings (SSSR count). The first kappa shape index (κ1) is 16.9. The van der Waals surface area contributed by atoms with Gasteiger partial charge in [-0.25, -0.2) is 4.39 Å². The van der Waals surface area contributed by atoms with E-state index < -0.39 is 6.10 Å². The van der Waals surface area contributed by atoms with Gasteiger partial charge in [0.05, 0.1) is 6.10 Å². The largest absolute Gasteiger partial charge is 0.508 e. The van der Waals surface area contributed by atoms with Crippen LogP contribution in [0.5, 0.6) is 5.75 Å². The molecule has 0 bridgehead atoms. The predicted octanol–water partition coefficient (Wildman–Crippen LogP) is 3.79. The van der Waals surface area contributed by atoms with Crippen LogP contribution in [0.4, 0.5) is 4.39 Å². The van der Waals surface area contributed by atoms with Gasteiger partial charge in [-0.1, -0.05) is 29.8 Å². The van der Waals surface area contributed by atoms with Crippen molar-refractivity contribution in [2.75, 3.05) is 13.1 Å². The molecule has 3 nitrogen and oxygen atoms in total. The summed E-state index contributed by atoms with van der Waals surface area (Å²) in [4.78, 5) is 2.31. The molecule has 2 aromatic rings. The molecular formula is C20H24FNO2.